The minimum absolute atomic E-state index is 0.279. The summed E-state index contributed by atoms with van der Waals surface area (Å²) in [6, 6.07) is 19.8. The monoisotopic (exact) mass is 494 g/mol. The summed E-state index contributed by atoms with van der Waals surface area (Å²) in [5.41, 5.74) is -1.98. The highest BCUT2D eigenvalue weighted by Crippen LogP contribution is 2.70. The van der Waals surface area contributed by atoms with Crippen LogP contribution in [0.25, 0.3) is 0 Å². The van der Waals surface area contributed by atoms with Crippen molar-refractivity contribution in [2.45, 2.75) is 29.5 Å². The van der Waals surface area contributed by atoms with E-state index in [1.54, 1.807) is 43.5 Å². The third-order valence-electron chi connectivity index (χ3n) is 7.58. The van der Waals surface area contributed by atoms with E-state index in [0.717, 1.165) is 5.56 Å². The van der Waals surface area contributed by atoms with Gasteiger partial charge in [0.15, 0.2) is 17.5 Å². The summed E-state index contributed by atoms with van der Waals surface area (Å²) in [7, 11) is 5.93. The average Bonchev–Trinajstić information content (AvgIpc) is 3.30. The Hall–Kier alpha value is -3.30. The first kappa shape index (κ1) is 24.4. The first-order valence-corrected chi connectivity index (χ1v) is 11.6. The van der Waals surface area contributed by atoms with Crippen molar-refractivity contribution in [3.63, 3.8) is 0 Å². The van der Waals surface area contributed by atoms with Gasteiger partial charge >= 0.3 is 0 Å². The van der Waals surface area contributed by atoms with Gasteiger partial charge in [-0.1, -0.05) is 42.5 Å². The molecule has 0 aromatic heterocycles. The highest BCUT2D eigenvalue weighted by atomic mass is 16.6. The van der Waals surface area contributed by atoms with E-state index in [1.165, 1.54) is 21.3 Å². The second-order valence-electron chi connectivity index (χ2n) is 9.07. The number of hydrogen-bond donors (Lipinski definition) is 3. The Labute approximate surface area is 209 Å². The number of aliphatic hydroxyl groups is 3. The second kappa shape index (κ2) is 8.97. The van der Waals surface area contributed by atoms with E-state index in [1.807, 2.05) is 30.3 Å². The molecule has 0 bridgehead atoms. The van der Waals surface area contributed by atoms with Gasteiger partial charge in [-0.25, -0.2) is 0 Å². The molecule has 3 aromatic carbocycles. The summed E-state index contributed by atoms with van der Waals surface area (Å²) in [5, 5.41) is 35.6. The number of hydrogen-bond acceptors (Lipinski definition) is 8. The zero-order valence-electron chi connectivity index (χ0n) is 20.5. The zero-order valence-corrected chi connectivity index (χ0v) is 20.5. The fraction of sp³-hybridized carbons (Fsp3) is 0.357. The van der Waals surface area contributed by atoms with Gasteiger partial charge in [0.1, 0.15) is 23.0 Å². The van der Waals surface area contributed by atoms with Crippen LogP contribution in [0.2, 0.25) is 0 Å². The van der Waals surface area contributed by atoms with E-state index in [4.69, 9.17) is 23.7 Å². The van der Waals surface area contributed by atoms with Crippen LogP contribution in [-0.2, 0) is 15.9 Å². The van der Waals surface area contributed by atoms with E-state index in [9.17, 15) is 15.3 Å². The lowest BCUT2D eigenvalue weighted by molar-refractivity contribution is -0.172. The maximum absolute atomic E-state index is 12.7. The van der Waals surface area contributed by atoms with Crippen LogP contribution in [0.5, 0.6) is 23.0 Å². The third-order valence-corrected chi connectivity index (χ3v) is 7.58. The molecule has 36 heavy (non-hydrogen) atoms. The molecule has 1 aliphatic carbocycles. The standard InChI is InChI=1S/C28H30O8/c1-32-18-12-10-17(11-13-18)28-23(16-8-6-5-7-9-16)22(26(30)35-4)25(29)27(28,31)24-20(34-3)14-19(33-2)15-21(24)36-28/h5-15,22-23,25-26,29-31H,1-4H3/t22?,23-,25?,26?,27+,28+/m1/s1. The molecular weight excluding hydrogens is 464 g/mol. The highest BCUT2D eigenvalue weighted by Gasteiger charge is 2.77. The van der Waals surface area contributed by atoms with Gasteiger partial charge in [0.25, 0.3) is 0 Å². The lowest BCUT2D eigenvalue weighted by Gasteiger charge is -2.41. The lowest BCUT2D eigenvalue weighted by atomic mass is 9.70. The van der Waals surface area contributed by atoms with Crippen LogP contribution < -0.4 is 18.9 Å². The Kier molecular flexibility index (Phi) is 6.08. The number of ether oxygens (including phenoxy) is 5. The van der Waals surface area contributed by atoms with Crippen LogP contribution in [0, 0.1) is 5.92 Å². The molecule has 0 spiro atoms. The molecule has 2 aliphatic rings. The van der Waals surface area contributed by atoms with Crippen LogP contribution >= 0.6 is 0 Å². The number of aliphatic hydroxyl groups excluding tert-OH is 2. The van der Waals surface area contributed by atoms with Crippen molar-refractivity contribution in [1.82, 2.24) is 0 Å². The molecule has 6 atom stereocenters. The van der Waals surface area contributed by atoms with Crippen molar-refractivity contribution < 1.29 is 39.0 Å². The minimum atomic E-state index is -2.03. The predicted molar refractivity (Wildman–Crippen MR) is 130 cm³/mol. The Morgan fingerprint density at radius 3 is 2.11 bits per heavy atom. The van der Waals surface area contributed by atoms with E-state index < -0.39 is 35.4 Å². The van der Waals surface area contributed by atoms with Crippen molar-refractivity contribution in [3.8, 4) is 23.0 Å². The number of rotatable bonds is 7. The molecule has 3 N–H and O–H groups in total. The molecule has 3 aromatic rings. The van der Waals surface area contributed by atoms with Crippen molar-refractivity contribution in [1.29, 1.82) is 0 Å². The summed E-state index contributed by atoms with van der Waals surface area (Å²) in [4.78, 5) is 0. The average molecular weight is 495 g/mol. The molecule has 1 fully saturated rings. The van der Waals surface area contributed by atoms with Crippen LogP contribution in [0.3, 0.4) is 0 Å². The van der Waals surface area contributed by atoms with Gasteiger partial charge in [-0.3, -0.25) is 0 Å². The van der Waals surface area contributed by atoms with Gasteiger partial charge in [-0.2, -0.15) is 0 Å². The van der Waals surface area contributed by atoms with Crippen molar-refractivity contribution >= 4 is 0 Å². The van der Waals surface area contributed by atoms with E-state index in [2.05, 4.69) is 0 Å². The van der Waals surface area contributed by atoms with Crippen LogP contribution in [0.4, 0.5) is 0 Å². The SMILES string of the molecule is COc1ccc([C@@]23Oc4cc(OC)cc(OC)c4[C@]2(O)C(O)C(C(O)OC)[C@H]3c2ccccc2)cc1. The molecular formula is C28H30O8. The third kappa shape index (κ3) is 3.15. The number of fused-ring (bicyclic) bond motifs is 3. The van der Waals surface area contributed by atoms with E-state index in [-0.39, 0.29) is 5.56 Å². The van der Waals surface area contributed by atoms with Gasteiger partial charge in [-0.15, -0.1) is 0 Å². The lowest BCUT2D eigenvalue weighted by Crippen LogP contribution is -2.52. The predicted octanol–water partition coefficient (Wildman–Crippen LogP) is 2.93. The van der Waals surface area contributed by atoms with Crippen molar-refractivity contribution in [2.75, 3.05) is 28.4 Å². The number of benzene rings is 3. The van der Waals surface area contributed by atoms with Crippen molar-refractivity contribution in [3.05, 3.63) is 83.4 Å². The summed E-state index contributed by atoms with van der Waals surface area (Å²) < 4.78 is 28.5. The molecule has 8 nitrogen and oxygen atoms in total. The van der Waals surface area contributed by atoms with Crippen LogP contribution in [-0.4, -0.2) is 56.2 Å². The molecule has 190 valence electrons. The Bertz CT molecular complexity index is 1230. The van der Waals surface area contributed by atoms with Gasteiger partial charge in [0.05, 0.1) is 38.9 Å². The summed E-state index contributed by atoms with van der Waals surface area (Å²) in [6.07, 6.45) is -2.89. The molecule has 1 heterocycles. The number of methoxy groups -OCH3 is 4. The van der Waals surface area contributed by atoms with E-state index >= 15 is 0 Å². The smallest absolute Gasteiger partial charge is 0.177 e. The maximum Gasteiger partial charge on any atom is 0.177 e. The molecule has 8 heteroatoms. The van der Waals surface area contributed by atoms with Gasteiger partial charge in [0.2, 0.25) is 0 Å². The topological polar surface area (TPSA) is 107 Å². The normalized spacial score (nSPS) is 29.1. The van der Waals surface area contributed by atoms with Gasteiger partial charge in [0, 0.05) is 25.2 Å². The Morgan fingerprint density at radius 2 is 1.53 bits per heavy atom. The first-order valence-electron chi connectivity index (χ1n) is 11.6. The maximum atomic E-state index is 12.7. The van der Waals surface area contributed by atoms with Crippen LogP contribution in [0.15, 0.2) is 66.7 Å². The zero-order chi connectivity index (χ0) is 25.7. The Balaban J connectivity index is 1.87. The molecule has 3 unspecified atom stereocenters. The van der Waals surface area contributed by atoms with Crippen LogP contribution in [0.1, 0.15) is 22.6 Å². The molecule has 0 saturated heterocycles. The molecule has 1 aliphatic heterocycles. The van der Waals surface area contributed by atoms with Gasteiger partial charge < -0.3 is 39.0 Å². The molecule has 1 saturated carbocycles. The first-order chi connectivity index (χ1) is 17.4. The molecule has 0 amide bonds. The largest absolute Gasteiger partial charge is 0.497 e. The van der Waals surface area contributed by atoms with Crippen molar-refractivity contribution in [2.24, 2.45) is 5.92 Å². The van der Waals surface area contributed by atoms with Gasteiger partial charge in [-0.05, 0) is 23.3 Å². The summed E-state index contributed by atoms with van der Waals surface area (Å²) in [6.45, 7) is 0. The molecule has 5 rings (SSSR count). The quantitative estimate of drug-likeness (QED) is 0.431. The van der Waals surface area contributed by atoms with E-state index in [0.29, 0.717) is 28.6 Å². The summed E-state index contributed by atoms with van der Waals surface area (Å²) in [5.74, 6) is 0.0140. The Morgan fingerprint density at radius 1 is 0.861 bits per heavy atom. The highest BCUT2D eigenvalue weighted by molar-refractivity contribution is 5.63. The summed E-state index contributed by atoms with van der Waals surface area (Å²) >= 11 is 0. The fourth-order valence-electron chi connectivity index (χ4n) is 6.03. The fourth-order valence-corrected chi connectivity index (χ4v) is 6.03. The second-order valence-corrected chi connectivity index (χ2v) is 9.07. The minimum Gasteiger partial charge on any atom is -0.497 e. The molecule has 0 radical (unpaired) electrons.